The van der Waals surface area contributed by atoms with Crippen LogP contribution in [0.5, 0.6) is 0 Å². The Bertz CT molecular complexity index is 695. The van der Waals surface area contributed by atoms with Gasteiger partial charge in [-0.3, -0.25) is 4.79 Å². The minimum absolute atomic E-state index is 0.0212. The maximum atomic E-state index is 12.4. The summed E-state index contributed by atoms with van der Waals surface area (Å²) in [7, 11) is 0. The van der Waals surface area contributed by atoms with Crippen molar-refractivity contribution < 1.29 is 9.90 Å². The SMILES string of the molecule is CC(C)(C)[C@H](CCO)CNC(=O)c1cc(Br)c2ccccc2n1. The van der Waals surface area contributed by atoms with E-state index in [1.54, 1.807) is 6.07 Å². The molecule has 0 bridgehead atoms. The van der Waals surface area contributed by atoms with Crippen LogP contribution in [0, 0.1) is 11.3 Å². The number of aliphatic hydroxyl groups is 1. The Morgan fingerprint density at radius 1 is 1.35 bits per heavy atom. The molecule has 124 valence electrons. The first-order valence-corrected chi connectivity index (χ1v) is 8.56. The number of rotatable bonds is 5. The number of nitrogens with zero attached hydrogens (tertiary/aromatic N) is 1. The molecular formula is C18H23BrN2O2. The summed E-state index contributed by atoms with van der Waals surface area (Å²) in [6, 6.07) is 9.44. The predicted octanol–water partition coefficient (Wildman–Crippen LogP) is 3.77. The van der Waals surface area contributed by atoms with Gasteiger partial charge < -0.3 is 10.4 Å². The van der Waals surface area contributed by atoms with E-state index in [1.165, 1.54) is 0 Å². The minimum atomic E-state index is -0.191. The van der Waals surface area contributed by atoms with Crippen LogP contribution in [0.25, 0.3) is 10.9 Å². The van der Waals surface area contributed by atoms with Gasteiger partial charge in [0.05, 0.1) is 5.52 Å². The monoisotopic (exact) mass is 378 g/mol. The van der Waals surface area contributed by atoms with Gasteiger partial charge >= 0.3 is 0 Å². The highest BCUT2D eigenvalue weighted by atomic mass is 79.9. The molecular weight excluding hydrogens is 356 g/mol. The van der Waals surface area contributed by atoms with Crippen molar-refractivity contribution in [1.29, 1.82) is 0 Å². The Kier molecular flexibility index (Phi) is 5.76. The number of benzene rings is 1. The summed E-state index contributed by atoms with van der Waals surface area (Å²) >= 11 is 3.50. The number of aromatic nitrogens is 1. The van der Waals surface area contributed by atoms with E-state index >= 15 is 0 Å². The second-order valence-corrected chi connectivity index (χ2v) is 7.65. The Morgan fingerprint density at radius 2 is 2.04 bits per heavy atom. The molecule has 0 saturated carbocycles. The van der Waals surface area contributed by atoms with Gasteiger partial charge in [-0.25, -0.2) is 4.98 Å². The van der Waals surface area contributed by atoms with Crippen molar-refractivity contribution in [2.75, 3.05) is 13.2 Å². The third-order valence-corrected chi connectivity index (χ3v) is 4.77. The standard InChI is InChI=1S/C18H23BrN2O2/c1-18(2,3)12(8-9-22)11-20-17(23)16-10-14(19)13-6-4-5-7-15(13)21-16/h4-7,10,12,22H,8-9,11H2,1-3H3,(H,20,23)/t12-/m1/s1. The van der Waals surface area contributed by atoms with Crippen molar-refractivity contribution in [3.8, 4) is 0 Å². The fraction of sp³-hybridized carbons (Fsp3) is 0.444. The fourth-order valence-electron chi connectivity index (χ4n) is 2.55. The number of aliphatic hydroxyl groups excluding tert-OH is 1. The molecule has 1 aromatic carbocycles. The Labute approximate surface area is 145 Å². The molecule has 2 N–H and O–H groups in total. The van der Waals surface area contributed by atoms with Gasteiger partial charge in [0, 0.05) is 23.0 Å². The first kappa shape index (κ1) is 17.9. The molecule has 1 amide bonds. The van der Waals surface area contributed by atoms with Crippen LogP contribution in [0.3, 0.4) is 0 Å². The minimum Gasteiger partial charge on any atom is -0.396 e. The lowest BCUT2D eigenvalue weighted by atomic mass is 9.79. The highest BCUT2D eigenvalue weighted by Gasteiger charge is 2.25. The third kappa shape index (κ3) is 4.52. The van der Waals surface area contributed by atoms with Gasteiger partial charge in [0.15, 0.2) is 0 Å². The smallest absolute Gasteiger partial charge is 0.269 e. The molecule has 2 aromatic rings. The molecule has 0 fully saturated rings. The van der Waals surface area contributed by atoms with Gasteiger partial charge in [0.25, 0.3) is 5.91 Å². The van der Waals surface area contributed by atoms with E-state index in [9.17, 15) is 9.90 Å². The van der Waals surface area contributed by atoms with Crippen molar-refractivity contribution in [3.05, 3.63) is 40.5 Å². The summed E-state index contributed by atoms with van der Waals surface area (Å²) < 4.78 is 0.857. The van der Waals surface area contributed by atoms with E-state index in [1.807, 2.05) is 24.3 Å². The molecule has 0 unspecified atom stereocenters. The van der Waals surface area contributed by atoms with Crippen LogP contribution in [0.15, 0.2) is 34.8 Å². The van der Waals surface area contributed by atoms with E-state index in [4.69, 9.17) is 0 Å². The summed E-state index contributed by atoms with van der Waals surface area (Å²) in [5.41, 5.74) is 1.20. The van der Waals surface area contributed by atoms with Gasteiger partial charge in [-0.15, -0.1) is 0 Å². The largest absolute Gasteiger partial charge is 0.396 e. The van der Waals surface area contributed by atoms with Gasteiger partial charge in [0.2, 0.25) is 0 Å². The molecule has 0 aliphatic heterocycles. The average molecular weight is 379 g/mol. The molecule has 0 aliphatic rings. The highest BCUT2D eigenvalue weighted by Crippen LogP contribution is 2.28. The number of halogens is 1. The summed E-state index contributed by atoms with van der Waals surface area (Å²) in [6.07, 6.45) is 0.665. The van der Waals surface area contributed by atoms with Crippen LogP contribution in [0.4, 0.5) is 0 Å². The lowest BCUT2D eigenvalue weighted by Gasteiger charge is -2.30. The number of nitrogens with one attached hydrogen (secondary N) is 1. The van der Waals surface area contributed by atoms with Gasteiger partial charge in [-0.2, -0.15) is 0 Å². The Balaban J connectivity index is 2.14. The number of carbonyl (C=O) groups excluding carboxylic acids is 1. The van der Waals surface area contributed by atoms with Crippen molar-refractivity contribution in [2.45, 2.75) is 27.2 Å². The van der Waals surface area contributed by atoms with Crippen molar-refractivity contribution in [1.82, 2.24) is 10.3 Å². The van der Waals surface area contributed by atoms with Crippen LogP contribution in [0.2, 0.25) is 0 Å². The van der Waals surface area contributed by atoms with Crippen molar-refractivity contribution >= 4 is 32.7 Å². The lowest BCUT2D eigenvalue weighted by Crippen LogP contribution is -2.36. The second kappa shape index (κ2) is 7.41. The van der Waals surface area contributed by atoms with Crippen LogP contribution in [-0.2, 0) is 0 Å². The fourth-order valence-corrected chi connectivity index (χ4v) is 3.10. The van der Waals surface area contributed by atoms with E-state index < -0.39 is 0 Å². The van der Waals surface area contributed by atoms with Crippen molar-refractivity contribution in [3.63, 3.8) is 0 Å². The first-order chi connectivity index (χ1) is 10.8. The second-order valence-electron chi connectivity index (χ2n) is 6.79. The van der Waals surface area contributed by atoms with Gasteiger partial charge in [0.1, 0.15) is 5.69 Å². The van der Waals surface area contributed by atoms with Crippen molar-refractivity contribution in [2.24, 2.45) is 11.3 Å². The molecule has 2 rings (SSSR count). The number of carbonyl (C=O) groups is 1. The quantitative estimate of drug-likeness (QED) is 0.831. The van der Waals surface area contributed by atoms with Gasteiger partial charge in [-0.05, 0) is 29.9 Å². The number of para-hydroxylation sites is 1. The molecule has 1 heterocycles. The zero-order chi connectivity index (χ0) is 17.0. The van der Waals surface area contributed by atoms with E-state index in [2.05, 4.69) is 47.0 Å². The van der Waals surface area contributed by atoms with E-state index in [-0.39, 0.29) is 23.8 Å². The molecule has 0 saturated heterocycles. The van der Waals surface area contributed by atoms with E-state index in [0.29, 0.717) is 18.7 Å². The zero-order valence-corrected chi connectivity index (χ0v) is 15.4. The molecule has 0 radical (unpaired) electrons. The third-order valence-electron chi connectivity index (χ3n) is 4.11. The molecule has 0 aliphatic carbocycles. The normalized spacial score (nSPS) is 13.1. The Morgan fingerprint density at radius 3 is 2.70 bits per heavy atom. The first-order valence-electron chi connectivity index (χ1n) is 7.77. The van der Waals surface area contributed by atoms with Crippen LogP contribution < -0.4 is 5.32 Å². The van der Waals surface area contributed by atoms with E-state index in [0.717, 1.165) is 15.4 Å². The lowest BCUT2D eigenvalue weighted by molar-refractivity contribution is 0.0917. The number of hydrogen-bond donors (Lipinski definition) is 2. The predicted molar refractivity (Wildman–Crippen MR) is 96.4 cm³/mol. The maximum Gasteiger partial charge on any atom is 0.269 e. The molecule has 1 aromatic heterocycles. The Hall–Kier alpha value is -1.46. The number of fused-ring (bicyclic) bond motifs is 1. The molecule has 4 nitrogen and oxygen atoms in total. The number of hydrogen-bond acceptors (Lipinski definition) is 3. The summed E-state index contributed by atoms with van der Waals surface area (Å²) in [5, 5.41) is 13.1. The molecule has 5 heteroatoms. The summed E-state index contributed by atoms with van der Waals surface area (Å²) in [5.74, 6) is 0.0176. The highest BCUT2D eigenvalue weighted by molar-refractivity contribution is 9.10. The topological polar surface area (TPSA) is 62.2 Å². The maximum absolute atomic E-state index is 12.4. The summed E-state index contributed by atoms with van der Waals surface area (Å²) in [6.45, 7) is 6.99. The molecule has 23 heavy (non-hydrogen) atoms. The van der Waals surface area contributed by atoms with Gasteiger partial charge in [-0.1, -0.05) is 54.9 Å². The zero-order valence-electron chi connectivity index (χ0n) is 13.8. The van der Waals surface area contributed by atoms with Crippen LogP contribution >= 0.6 is 15.9 Å². The number of pyridine rings is 1. The molecule has 1 atom stereocenters. The molecule has 0 spiro atoms. The average Bonchev–Trinajstić information content (AvgIpc) is 2.50. The number of amides is 1. The van der Waals surface area contributed by atoms with Crippen LogP contribution in [-0.4, -0.2) is 29.1 Å². The van der Waals surface area contributed by atoms with Crippen LogP contribution in [0.1, 0.15) is 37.7 Å². The summed E-state index contributed by atoms with van der Waals surface area (Å²) in [4.78, 5) is 16.8.